The van der Waals surface area contributed by atoms with Gasteiger partial charge in [-0.2, -0.15) is 4.72 Å². The topological polar surface area (TPSA) is 115 Å². The number of hydrogen-bond donors (Lipinski definition) is 3. The molecule has 0 saturated carbocycles. The Morgan fingerprint density at radius 2 is 1.95 bits per heavy atom. The van der Waals surface area contributed by atoms with Crippen molar-refractivity contribution < 1.29 is 13.2 Å². The van der Waals surface area contributed by atoms with Crippen molar-refractivity contribution in [3.63, 3.8) is 0 Å². The van der Waals surface area contributed by atoms with Gasteiger partial charge in [-0.1, -0.05) is 13.0 Å². The molecule has 0 heterocycles. The van der Waals surface area contributed by atoms with Gasteiger partial charge in [-0.05, 0) is 38.0 Å². The van der Waals surface area contributed by atoms with Crippen LogP contribution in [0.25, 0.3) is 0 Å². The second-order valence-electron chi connectivity index (χ2n) is 4.82. The Labute approximate surface area is 113 Å². The summed E-state index contributed by atoms with van der Waals surface area (Å²) in [5.74, 6) is -0.752. The van der Waals surface area contributed by atoms with Gasteiger partial charge >= 0.3 is 0 Å². The molecule has 106 valence electrons. The van der Waals surface area contributed by atoms with E-state index in [1.807, 2.05) is 6.92 Å². The molecular formula is C12H19N3O3S. The van der Waals surface area contributed by atoms with Gasteiger partial charge < -0.3 is 11.5 Å². The molecule has 1 aromatic carbocycles. The van der Waals surface area contributed by atoms with Gasteiger partial charge in [-0.15, -0.1) is 0 Å². The number of aryl methyl sites for hydroxylation is 1. The van der Waals surface area contributed by atoms with Gasteiger partial charge in [0, 0.05) is 5.69 Å². The average Bonchev–Trinajstić information content (AvgIpc) is 2.27. The first kappa shape index (κ1) is 15.5. The largest absolute Gasteiger partial charge is 0.399 e. The van der Waals surface area contributed by atoms with E-state index in [-0.39, 0.29) is 4.90 Å². The Morgan fingerprint density at radius 1 is 1.37 bits per heavy atom. The molecule has 1 aromatic rings. The number of rotatable bonds is 5. The van der Waals surface area contributed by atoms with E-state index in [0.717, 1.165) is 0 Å². The third kappa shape index (κ3) is 3.45. The number of nitrogen functional groups attached to an aromatic ring is 1. The van der Waals surface area contributed by atoms with Gasteiger partial charge in [0.1, 0.15) is 5.54 Å². The zero-order chi connectivity index (χ0) is 14.8. The first-order valence-corrected chi connectivity index (χ1v) is 7.30. The molecule has 1 amide bonds. The van der Waals surface area contributed by atoms with Crippen molar-refractivity contribution >= 4 is 21.6 Å². The molecule has 0 aliphatic heterocycles. The number of carbonyl (C=O) groups excluding carboxylic acids is 1. The third-order valence-corrected chi connectivity index (χ3v) is 4.51. The second-order valence-corrected chi connectivity index (χ2v) is 6.47. The fourth-order valence-corrected chi connectivity index (χ4v) is 3.29. The SMILES string of the molecule is CCc1ccc(N)cc1S(=O)(=O)NC(C)(C)C(N)=O. The standard InChI is InChI=1S/C12H19N3O3S/c1-4-8-5-6-9(13)7-10(8)19(17,18)15-12(2,3)11(14)16/h5-7,15H,4,13H2,1-3H3,(H2,14,16). The highest BCUT2D eigenvalue weighted by molar-refractivity contribution is 7.89. The lowest BCUT2D eigenvalue weighted by molar-refractivity contribution is -0.122. The van der Waals surface area contributed by atoms with Crippen LogP contribution in [-0.2, 0) is 21.2 Å². The fraction of sp³-hybridized carbons (Fsp3) is 0.417. The summed E-state index contributed by atoms with van der Waals surface area (Å²) < 4.78 is 26.9. The van der Waals surface area contributed by atoms with Crippen LogP contribution in [0.15, 0.2) is 23.1 Å². The number of nitrogens with two attached hydrogens (primary N) is 2. The summed E-state index contributed by atoms with van der Waals surface area (Å²) in [7, 11) is -3.86. The molecule has 0 saturated heterocycles. The van der Waals surface area contributed by atoms with Gasteiger partial charge in [0.15, 0.2) is 0 Å². The van der Waals surface area contributed by atoms with Crippen LogP contribution in [0.4, 0.5) is 5.69 Å². The normalized spacial score (nSPS) is 12.4. The maximum Gasteiger partial charge on any atom is 0.241 e. The predicted octanol–water partition coefficient (Wildman–Crippen LogP) is 0.373. The summed E-state index contributed by atoms with van der Waals surface area (Å²) in [6, 6.07) is 4.66. The smallest absolute Gasteiger partial charge is 0.241 e. The summed E-state index contributed by atoms with van der Waals surface area (Å²) >= 11 is 0. The van der Waals surface area contributed by atoms with Crippen LogP contribution >= 0.6 is 0 Å². The molecular weight excluding hydrogens is 266 g/mol. The third-order valence-electron chi connectivity index (χ3n) is 2.77. The van der Waals surface area contributed by atoms with Crippen molar-refractivity contribution in [2.75, 3.05) is 5.73 Å². The lowest BCUT2D eigenvalue weighted by Crippen LogP contribution is -2.52. The molecule has 7 heteroatoms. The van der Waals surface area contributed by atoms with E-state index in [0.29, 0.717) is 17.7 Å². The van der Waals surface area contributed by atoms with Crippen molar-refractivity contribution in [1.82, 2.24) is 4.72 Å². The van der Waals surface area contributed by atoms with Crippen molar-refractivity contribution in [2.45, 2.75) is 37.6 Å². The molecule has 0 aliphatic carbocycles. The van der Waals surface area contributed by atoms with E-state index in [1.165, 1.54) is 19.9 Å². The number of anilines is 1. The Morgan fingerprint density at radius 3 is 2.42 bits per heavy atom. The molecule has 19 heavy (non-hydrogen) atoms. The minimum absolute atomic E-state index is 0.0734. The van der Waals surface area contributed by atoms with Crippen LogP contribution in [0, 0.1) is 0 Å². The molecule has 5 N–H and O–H groups in total. The fourth-order valence-electron chi connectivity index (χ4n) is 1.55. The summed E-state index contributed by atoms with van der Waals surface area (Å²) in [6.07, 6.45) is 0.535. The first-order chi connectivity index (χ1) is 8.60. The number of amides is 1. The number of primary amides is 1. The maximum absolute atomic E-state index is 12.3. The molecule has 0 aromatic heterocycles. The zero-order valence-corrected chi connectivity index (χ0v) is 12.0. The minimum atomic E-state index is -3.86. The number of benzene rings is 1. The van der Waals surface area contributed by atoms with Crippen LogP contribution in [0.3, 0.4) is 0 Å². The van der Waals surface area contributed by atoms with Crippen LogP contribution in [0.5, 0.6) is 0 Å². The van der Waals surface area contributed by atoms with Crippen molar-refractivity contribution in [3.05, 3.63) is 23.8 Å². The molecule has 0 atom stereocenters. The van der Waals surface area contributed by atoms with Crippen molar-refractivity contribution in [3.8, 4) is 0 Å². The Kier molecular flexibility index (Phi) is 4.21. The first-order valence-electron chi connectivity index (χ1n) is 5.82. The molecule has 0 aliphatic rings. The minimum Gasteiger partial charge on any atom is -0.399 e. The van der Waals surface area contributed by atoms with E-state index in [1.54, 1.807) is 12.1 Å². The molecule has 0 unspecified atom stereocenters. The van der Waals surface area contributed by atoms with Gasteiger partial charge in [0.2, 0.25) is 15.9 Å². The maximum atomic E-state index is 12.3. The van der Waals surface area contributed by atoms with Crippen LogP contribution < -0.4 is 16.2 Å². The van der Waals surface area contributed by atoms with E-state index >= 15 is 0 Å². The van der Waals surface area contributed by atoms with Gasteiger partial charge in [-0.3, -0.25) is 4.79 Å². The van der Waals surface area contributed by atoms with Crippen LogP contribution in [0.2, 0.25) is 0 Å². The Balaban J connectivity index is 3.28. The molecule has 1 rings (SSSR count). The lowest BCUT2D eigenvalue weighted by Gasteiger charge is -2.23. The quantitative estimate of drug-likeness (QED) is 0.678. The number of hydrogen-bond acceptors (Lipinski definition) is 4. The summed E-state index contributed by atoms with van der Waals surface area (Å²) in [5, 5.41) is 0. The van der Waals surface area contributed by atoms with Gasteiger partial charge in [-0.25, -0.2) is 8.42 Å². The predicted molar refractivity (Wildman–Crippen MR) is 73.8 cm³/mol. The molecule has 0 fully saturated rings. The lowest BCUT2D eigenvalue weighted by atomic mass is 10.1. The molecule has 0 bridgehead atoms. The number of sulfonamides is 1. The van der Waals surface area contributed by atoms with Crippen LogP contribution in [-0.4, -0.2) is 19.9 Å². The average molecular weight is 285 g/mol. The van der Waals surface area contributed by atoms with E-state index < -0.39 is 21.5 Å². The van der Waals surface area contributed by atoms with Gasteiger partial charge in [0.05, 0.1) is 4.90 Å². The van der Waals surface area contributed by atoms with Crippen LogP contribution in [0.1, 0.15) is 26.3 Å². The van der Waals surface area contributed by atoms with Crippen molar-refractivity contribution in [2.24, 2.45) is 5.73 Å². The summed E-state index contributed by atoms with van der Waals surface area (Å²) in [4.78, 5) is 11.3. The van der Waals surface area contributed by atoms with E-state index in [2.05, 4.69) is 4.72 Å². The highest BCUT2D eigenvalue weighted by Crippen LogP contribution is 2.21. The summed E-state index contributed by atoms with van der Waals surface area (Å²) in [5.41, 5.74) is 10.4. The Bertz CT molecular complexity index is 594. The van der Waals surface area contributed by atoms with E-state index in [4.69, 9.17) is 11.5 Å². The van der Waals surface area contributed by atoms with E-state index in [9.17, 15) is 13.2 Å². The monoisotopic (exact) mass is 285 g/mol. The zero-order valence-electron chi connectivity index (χ0n) is 11.2. The Hall–Kier alpha value is -1.60. The number of nitrogens with one attached hydrogen (secondary N) is 1. The second kappa shape index (κ2) is 5.18. The molecule has 0 spiro atoms. The summed E-state index contributed by atoms with van der Waals surface area (Å²) in [6.45, 7) is 4.65. The highest BCUT2D eigenvalue weighted by Gasteiger charge is 2.32. The molecule has 6 nitrogen and oxygen atoms in total. The van der Waals surface area contributed by atoms with Gasteiger partial charge in [0.25, 0.3) is 0 Å². The highest BCUT2D eigenvalue weighted by atomic mass is 32.2. The number of carbonyl (C=O) groups is 1. The van der Waals surface area contributed by atoms with Crippen molar-refractivity contribution in [1.29, 1.82) is 0 Å². The molecule has 0 radical (unpaired) electrons.